The van der Waals surface area contributed by atoms with E-state index in [1.807, 2.05) is 12.1 Å². The van der Waals surface area contributed by atoms with Crippen LogP contribution in [0.5, 0.6) is 0 Å². The van der Waals surface area contributed by atoms with Gasteiger partial charge in [-0.25, -0.2) is 4.68 Å². The van der Waals surface area contributed by atoms with Gasteiger partial charge in [-0.15, -0.1) is 0 Å². The lowest BCUT2D eigenvalue weighted by molar-refractivity contribution is 0.752. The number of nitrogens with one attached hydrogen (secondary N) is 1. The van der Waals surface area contributed by atoms with Crippen molar-refractivity contribution < 1.29 is 0 Å². The SMILES string of the molecule is CCCc1nn(-c2ccc(Cl)cc2C)c2c1CCCCN2. The summed E-state index contributed by atoms with van der Waals surface area (Å²) in [4.78, 5) is 0. The van der Waals surface area contributed by atoms with Crippen LogP contribution < -0.4 is 5.32 Å². The summed E-state index contributed by atoms with van der Waals surface area (Å²) in [6, 6.07) is 6.00. The third kappa shape index (κ3) is 2.80. The first-order valence-electron chi connectivity index (χ1n) is 7.82. The van der Waals surface area contributed by atoms with Gasteiger partial charge in [-0.3, -0.25) is 0 Å². The molecular weight excluding hydrogens is 282 g/mol. The minimum absolute atomic E-state index is 0.774. The number of anilines is 1. The number of aryl methyl sites for hydroxylation is 2. The van der Waals surface area contributed by atoms with E-state index in [0.29, 0.717) is 0 Å². The monoisotopic (exact) mass is 303 g/mol. The summed E-state index contributed by atoms with van der Waals surface area (Å²) in [5.41, 5.74) is 4.93. The number of hydrogen-bond donors (Lipinski definition) is 1. The largest absolute Gasteiger partial charge is 0.370 e. The van der Waals surface area contributed by atoms with Crippen LogP contribution in [0, 0.1) is 6.92 Å². The Labute approximate surface area is 131 Å². The van der Waals surface area contributed by atoms with Gasteiger partial charge < -0.3 is 5.32 Å². The molecule has 0 saturated heterocycles. The van der Waals surface area contributed by atoms with Gasteiger partial charge in [0.1, 0.15) is 5.82 Å². The van der Waals surface area contributed by atoms with Crippen LogP contribution in [0.3, 0.4) is 0 Å². The molecule has 2 heterocycles. The van der Waals surface area contributed by atoms with Crippen LogP contribution in [-0.4, -0.2) is 16.3 Å². The second kappa shape index (κ2) is 6.10. The van der Waals surface area contributed by atoms with Crippen molar-refractivity contribution in [3.63, 3.8) is 0 Å². The molecule has 1 N–H and O–H groups in total. The van der Waals surface area contributed by atoms with E-state index in [9.17, 15) is 0 Å². The molecule has 0 atom stereocenters. The summed E-state index contributed by atoms with van der Waals surface area (Å²) in [7, 11) is 0. The Morgan fingerprint density at radius 2 is 2.19 bits per heavy atom. The summed E-state index contributed by atoms with van der Waals surface area (Å²) >= 11 is 6.08. The van der Waals surface area contributed by atoms with E-state index in [2.05, 4.69) is 29.9 Å². The lowest BCUT2D eigenvalue weighted by Crippen LogP contribution is -2.08. The molecule has 0 amide bonds. The van der Waals surface area contributed by atoms with Crippen LogP contribution in [0.4, 0.5) is 5.82 Å². The van der Waals surface area contributed by atoms with Crippen LogP contribution in [0.25, 0.3) is 5.69 Å². The van der Waals surface area contributed by atoms with Crippen molar-refractivity contribution in [1.82, 2.24) is 9.78 Å². The molecule has 0 bridgehead atoms. The van der Waals surface area contributed by atoms with E-state index in [1.54, 1.807) is 0 Å². The average Bonchev–Trinajstić information content (AvgIpc) is 2.64. The van der Waals surface area contributed by atoms with Crippen LogP contribution in [0.15, 0.2) is 18.2 Å². The van der Waals surface area contributed by atoms with Crippen molar-refractivity contribution in [3.8, 4) is 5.69 Å². The van der Waals surface area contributed by atoms with E-state index >= 15 is 0 Å². The van der Waals surface area contributed by atoms with Gasteiger partial charge in [-0.2, -0.15) is 5.10 Å². The fourth-order valence-corrected chi connectivity index (χ4v) is 3.27. The second-order valence-electron chi connectivity index (χ2n) is 5.75. The molecule has 0 fully saturated rings. The Hall–Kier alpha value is -1.48. The molecule has 0 radical (unpaired) electrons. The molecule has 3 rings (SSSR count). The van der Waals surface area contributed by atoms with Crippen molar-refractivity contribution >= 4 is 17.4 Å². The second-order valence-corrected chi connectivity index (χ2v) is 6.19. The quantitative estimate of drug-likeness (QED) is 0.902. The first-order chi connectivity index (χ1) is 10.2. The molecule has 0 spiro atoms. The van der Waals surface area contributed by atoms with E-state index in [-0.39, 0.29) is 0 Å². The van der Waals surface area contributed by atoms with Crippen molar-refractivity contribution in [2.75, 3.05) is 11.9 Å². The number of hydrogen-bond acceptors (Lipinski definition) is 2. The predicted octanol–water partition coefficient (Wildman–Crippen LogP) is 4.53. The van der Waals surface area contributed by atoms with Gasteiger partial charge in [0, 0.05) is 17.1 Å². The van der Waals surface area contributed by atoms with Crippen LogP contribution >= 0.6 is 11.6 Å². The van der Waals surface area contributed by atoms with Crippen LogP contribution in [0.1, 0.15) is 43.0 Å². The topological polar surface area (TPSA) is 29.9 Å². The third-order valence-electron chi connectivity index (χ3n) is 4.09. The van der Waals surface area contributed by atoms with Crippen LogP contribution in [-0.2, 0) is 12.8 Å². The van der Waals surface area contributed by atoms with Gasteiger partial charge in [-0.1, -0.05) is 24.9 Å². The Bertz CT molecular complexity index is 646. The first kappa shape index (κ1) is 14.5. The molecule has 0 saturated carbocycles. The highest BCUT2D eigenvalue weighted by atomic mass is 35.5. The lowest BCUT2D eigenvalue weighted by Gasteiger charge is -2.11. The molecule has 1 aliphatic heterocycles. The van der Waals surface area contributed by atoms with Gasteiger partial charge in [0.2, 0.25) is 0 Å². The van der Waals surface area contributed by atoms with Crippen molar-refractivity contribution in [2.45, 2.75) is 46.0 Å². The van der Waals surface area contributed by atoms with Crippen molar-refractivity contribution in [3.05, 3.63) is 40.0 Å². The van der Waals surface area contributed by atoms with E-state index in [4.69, 9.17) is 16.7 Å². The van der Waals surface area contributed by atoms with Gasteiger partial charge >= 0.3 is 0 Å². The Morgan fingerprint density at radius 1 is 1.33 bits per heavy atom. The van der Waals surface area contributed by atoms with Gasteiger partial charge in [0.15, 0.2) is 0 Å². The summed E-state index contributed by atoms with van der Waals surface area (Å²) in [5.74, 6) is 1.18. The highest BCUT2D eigenvalue weighted by molar-refractivity contribution is 6.30. The molecule has 21 heavy (non-hydrogen) atoms. The smallest absolute Gasteiger partial charge is 0.133 e. The van der Waals surface area contributed by atoms with Gasteiger partial charge in [0.05, 0.1) is 11.4 Å². The summed E-state index contributed by atoms with van der Waals surface area (Å²) < 4.78 is 2.08. The van der Waals surface area contributed by atoms with E-state index < -0.39 is 0 Å². The fourth-order valence-electron chi connectivity index (χ4n) is 3.04. The molecule has 3 nitrogen and oxygen atoms in total. The highest BCUT2D eigenvalue weighted by Crippen LogP contribution is 2.30. The molecule has 112 valence electrons. The van der Waals surface area contributed by atoms with Gasteiger partial charge in [-0.05, 0) is 56.4 Å². The predicted molar refractivity (Wildman–Crippen MR) is 88.7 cm³/mol. The fraction of sp³-hybridized carbons (Fsp3) is 0.471. The van der Waals surface area contributed by atoms with Crippen molar-refractivity contribution in [2.24, 2.45) is 0 Å². The highest BCUT2D eigenvalue weighted by Gasteiger charge is 2.20. The average molecular weight is 304 g/mol. The third-order valence-corrected chi connectivity index (χ3v) is 4.32. The molecule has 4 heteroatoms. The number of benzene rings is 1. The first-order valence-corrected chi connectivity index (χ1v) is 8.19. The normalized spacial score (nSPS) is 14.4. The maximum atomic E-state index is 6.08. The maximum Gasteiger partial charge on any atom is 0.133 e. The number of nitrogens with zero attached hydrogens (tertiary/aromatic N) is 2. The Kier molecular flexibility index (Phi) is 4.20. The molecule has 1 aromatic heterocycles. The molecule has 0 aliphatic carbocycles. The minimum Gasteiger partial charge on any atom is -0.370 e. The van der Waals surface area contributed by atoms with E-state index in [1.165, 1.54) is 29.9 Å². The Morgan fingerprint density at radius 3 is 2.95 bits per heavy atom. The molecule has 2 aromatic rings. The zero-order valence-corrected chi connectivity index (χ0v) is 13.5. The maximum absolute atomic E-state index is 6.08. The van der Waals surface area contributed by atoms with E-state index in [0.717, 1.165) is 42.1 Å². The van der Waals surface area contributed by atoms with Crippen molar-refractivity contribution in [1.29, 1.82) is 0 Å². The summed E-state index contributed by atoms with van der Waals surface area (Å²) in [5, 5.41) is 9.25. The molecule has 1 aliphatic rings. The molecule has 1 aromatic carbocycles. The zero-order chi connectivity index (χ0) is 14.8. The number of rotatable bonds is 3. The molecular formula is C17H22ClN3. The number of fused-ring (bicyclic) bond motifs is 1. The van der Waals surface area contributed by atoms with Crippen LogP contribution in [0.2, 0.25) is 5.02 Å². The molecule has 0 unspecified atom stereocenters. The summed E-state index contributed by atoms with van der Waals surface area (Å²) in [6.07, 6.45) is 5.76. The minimum atomic E-state index is 0.774. The number of halogens is 1. The van der Waals surface area contributed by atoms with Gasteiger partial charge in [0.25, 0.3) is 0 Å². The number of aromatic nitrogens is 2. The lowest BCUT2D eigenvalue weighted by atomic mass is 10.1. The standard InChI is InChI=1S/C17H22ClN3/c1-3-6-15-14-7-4-5-10-19-17(14)21(20-15)16-9-8-13(18)11-12(16)2/h8-9,11,19H,3-7,10H2,1-2H3. The Balaban J connectivity index is 2.13. The zero-order valence-electron chi connectivity index (χ0n) is 12.7. The summed E-state index contributed by atoms with van der Waals surface area (Å²) in [6.45, 7) is 5.32.